The molecule has 0 amide bonds. The van der Waals surface area contributed by atoms with Crippen molar-refractivity contribution in [3.63, 3.8) is 0 Å². The summed E-state index contributed by atoms with van der Waals surface area (Å²) in [7, 11) is 3.52. The number of hydrogen-bond donors (Lipinski definition) is 0. The maximum Gasteiger partial charge on any atom is 0.263 e. The van der Waals surface area contributed by atoms with Gasteiger partial charge in [-0.2, -0.15) is 5.10 Å². The number of nitrogens with zero attached hydrogens (tertiary/aromatic N) is 5. The number of rotatable bonds is 3. The molecule has 0 spiro atoms. The van der Waals surface area contributed by atoms with Crippen molar-refractivity contribution < 1.29 is 9.13 Å². The molecule has 3 aromatic heterocycles. The molecule has 2 unspecified atom stereocenters. The molecule has 1 saturated heterocycles. The average Bonchev–Trinajstić information content (AvgIpc) is 3.23. The van der Waals surface area contributed by atoms with Gasteiger partial charge in [0.2, 0.25) is 0 Å². The van der Waals surface area contributed by atoms with Crippen LogP contribution in [-0.4, -0.2) is 30.9 Å². The van der Waals surface area contributed by atoms with E-state index in [0.717, 1.165) is 17.8 Å². The number of aromatic nitrogens is 5. The molecule has 4 heterocycles. The number of fused-ring (bicyclic) bond motifs is 1. The van der Waals surface area contributed by atoms with E-state index >= 15 is 0 Å². The van der Waals surface area contributed by atoms with E-state index in [2.05, 4.69) is 10.1 Å². The van der Waals surface area contributed by atoms with Crippen molar-refractivity contribution in [2.45, 2.75) is 31.8 Å². The summed E-state index contributed by atoms with van der Waals surface area (Å²) in [6.07, 6.45) is 3.17. The molecule has 1 aromatic carbocycles. The monoisotopic (exact) mass is 467 g/mol. The zero-order valence-corrected chi connectivity index (χ0v) is 19.3. The summed E-state index contributed by atoms with van der Waals surface area (Å²) in [6, 6.07) is 8.19. The number of pyridine rings is 1. The Bertz CT molecular complexity index is 1430. The van der Waals surface area contributed by atoms with Crippen molar-refractivity contribution in [2.24, 2.45) is 14.1 Å². The highest BCUT2D eigenvalue weighted by Crippen LogP contribution is 2.38. The third-order valence-corrected chi connectivity index (χ3v) is 6.49. The summed E-state index contributed by atoms with van der Waals surface area (Å²) in [6.45, 7) is 2.33. The van der Waals surface area contributed by atoms with Gasteiger partial charge in [-0.05, 0) is 50.1 Å². The van der Waals surface area contributed by atoms with E-state index in [-0.39, 0.29) is 33.9 Å². The van der Waals surface area contributed by atoms with Crippen LogP contribution in [0.5, 0.6) is 0 Å². The van der Waals surface area contributed by atoms with Crippen LogP contribution in [0, 0.1) is 12.7 Å². The standard InChI is InChI=1S/C24H23ClFN5O2/c1-13-27-20-12-19(14-7-9-33-21(10-14)18-6-8-30(2)29-18)28-23(22(20)24(32)31(13)3)16-5-4-15(25)11-17(16)26/h4-6,8,11-12,14,21H,7,9-10H2,1-3H3. The highest BCUT2D eigenvalue weighted by atomic mass is 35.5. The minimum absolute atomic E-state index is 0.0513. The Labute approximate surface area is 194 Å². The Morgan fingerprint density at radius 2 is 1.97 bits per heavy atom. The van der Waals surface area contributed by atoms with Crippen molar-refractivity contribution in [1.82, 2.24) is 24.3 Å². The topological polar surface area (TPSA) is 74.8 Å². The Morgan fingerprint density at radius 3 is 2.70 bits per heavy atom. The molecule has 0 bridgehead atoms. The van der Waals surface area contributed by atoms with E-state index in [9.17, 15) is 9.18 Å². The smallest absolute Gasteiger partial charge is 0.263 e. The summed E-state index contributed by atoms with van der Waals surface area (Å²) in [5, 5.41) is 5.05. The second-order valence-electron chi connectivity index (χ2n) is 8.43. The van der Waals surface area contributed by atoms with Crippen molar-refractivity contribution in [3.8, 4) is 11.3 Å². The fourth-order valence-corrected chi connectivity index (χ4v) is 4.53. The fraction of sp³-hybridized carbons (Fsp3) is 0.333. The molecule has 1 aliphatic heterocycles. The quantitative estimate of drug-likeness (QED) is 0.444. The number of aryl methyl sites for hydroxylation is 2. The number of halogens is 2. The van der Waals surface area contributed by atoms with Gasteiger partial charge >= 0.3 is 0 Å². The highest BCUT2D eigenvalue weighted by molar-refractivity contribution is 6.30. The van der Waals surface area contributed by atoms with Crippen LogP contribution >= 0.6 is 11.6 Å². The van der Waals surface area contributed by atoms with Crippen LogP contribution in [0.3, 0.4) is 0 Å². The zero-order chi connectivity index (χ0) is 23.3. The van der Waals surface area contributed by atoms with Crippen LogP contribution in [0.25, 0.3) is 22.2 Å². The molecular formula is C24H23ClFN5O2. The molecule has 0 N–H and O–H groups in total. The normalized spacial score (nSPS) is 18.7. The predicted octanol–water partition coefficient (Wildman–Crippen LogP) is 4.47. The van der Waals surface area contributed by atoms with Crippen LogP contribution in [-0.2, 0) is 18.8 Å². The van der Waals surface area contributed by atoms with Crippen molar-refractivity contribution in [3.05, 3.63) is 74.9 Å². The molecule has 0 radical (unpaired) electrons. The lowest BCUT2D eigenvalue weighted by Gasteiger charge is -2.28. The van der Waals surface area contributed by atoms with Crippen LogP contribution < -0.4 is 5.56 Å². The van der Waals surface area contributed by atoms with Gasteiger partial charge in [-0.25, -0.2) is 9.37 Å². The first-order chi connectivity index (χ1) is 15.8. The Hall–Kier alpha value is -3.10. The van der Waals surface area contributed by atoms with Crippen molar-refractivity contribution in [2.75, 3.05) is 6.61 Å². The van der Waals surface area contributed by atoms with Crippen molar-refractivity contribution >= 4 is 22.5 Å². The average molecular weight is 468 g/mol. The molecule has 0 saturated carbocycles. The first kappa shape index (κ1) is 21.7. The Balaban J connectivity index is 1.67. The van der Waals surface area contributed by atoms with Crippen LogP contribution in [0.2, 0.25) is 5.02 Å². The predicted molar refractivity (Wildman–Crippen MR) is 124 cm³/mol. The largest absolute Gasteiger partial charge is 0.372 e. The maximum atomic E-state index is 15.0. The van der Waals surface area contributed by atoms with Crippen LogP contribution in [0.4, 0.5) is 4.39 Å². The maximum absolute atomic E-state index is 15.0. The Morgan fingerprint density at radius 1 is 1.15 bits per heavy atom. The van der Waals surface area contributed by atoms with Gasteiger partial charge in [-0.15, -0.1) is 0 Å². The fourth-order valence-electron chi connectivity index (χ4n) is 4.38. The third-order valence-electron chi connectivity index (χ3n) is 6.26. The number of hydrogen-bond acceptors (Lipinski definition) is 5. The molecule has 4 aromatic rings. The molecule has 170 valence electrons. The van der Waals surface area contributed by atoms with Gasteiger partial charge in [0.25, 0.3) is 5.56 Å². The van der Waals surface area contributed by atoms with E-state index in [1.54, 1.807) is 30.8 Å². The second kappa shape index (κ2) is 8.35. The molecule has 0 aliphatic carbocycles. The second-order valence-corrected chi connectivity index (χ2v) is 8.87. The summed E-state index contributed by atoms with van der Waals surface area (Å²) >= 11 is 5.97. The Kier molecular flexibility index (Phi) is 5.50. The summed E-state index contributed by atoms with van der Waals surface area (Å²) in [5.41, 5.74) is 2.38. The molecule has 7 nitrogen and oxygen atoms in total. The van der Waals surface area contributed by atoms with Gasteiger partial charge in [-0.3, -0.25) is 19.0 Å². The molecule has 5 rings (SSSR count). The zero-order valence-electron chi connectivity index (χ0n) is 18.5. The lowest BCUT2D eigenvalue weighted by Crippen LogP contribution is -2.23. The van der Waals surface area contributed by atoms with E-state index in [1.165, 1.54) is 10.6 Å². The number of ether oxygens (including phenoxy) is 1. The summed E-state index contributed by atoms with van der Waals surface area (Å²) < 4.78 is 24.1. The van der Waals surface area contributed by atoms with Crippen LogP contribution in [0.15, 0.2) is 41.3 Å². The lowest BCUT2D eigenvalue weighted by molar-refractivity contribution is 0.00185. The number of benzene rings is 1. The highest BCUT2D eigenvalue weighted by Gasteiger charge is 2.29. The minimum atomic E-state index is -0.533. The van der Waals surface area contributed by atoms with Crippen molar-refractivity contribution in [1.29, 1.82) is 0 Å². The summed E-state index contributed by atoms with van der Waals surface area (Å²) in [5.74, 6) is 0.0929. The van der Waals surface area contributed by atoms with Gasteiger partial charge in [0, 0.05) is 49.1 Å². The summed E-state index contributed by atoms with van der Waals surface area (Å²) in [4.78, 5) is 22.6. The SMILES string of the molecule is Cc1nc2cc(C3CCOC(c4ccn(C)n4)C3)nc(-c3ccc(Cl)cc3F)c2c(=O)n1C. The van der Waals surface area contributed by atoms with E-state index in [0.29, 0.717) is 29.8 Å². The molecule has 1 aliphatic rings. The minimum Gasteiger partial charge on any atom is -0.372 e. The van der Waals surface area contributed by atoms with Gasteiger partial charge in [0.05, 0.1) is 22.3 Å². The first-order valence-corrected chi connectivity index (χ1v) is 11.1. The molecule has 2 atom stereocenters. The van der Waals surface area contributed by atoms with E-state index < -0.39 is 5.82 Å². The van der Waals surface area contributed by atoms with Gasteiger partial charge in [0.1, 0.15) is 17.7 Å². The van der Waals surface area contributed by atoms with E-state index in [1.807, 2.05) is 25.4 Å². The van der Waals surface area contributed by atoms with Crippen LogP contribution in [0.1, 0.15) is 42.1 Å². The molecular weight excluding hydrogens is 445 g/mol. The molecule has 33 heavy (non-hydrogen) atoms. The molecule has 9 heteroatoms. The lowest BCUT2D eigenvalue weighted by atomic mass is 9.90. The van der Waals surface area contributed by atoms with E-state index in [4.69, 9.17) is 21.3 Å². The van der Waals surface area contributed by atoms with Gasteiger partial charge in [0.15, 0.2) is 0 Å². The van der Waals surface area contributed by atoms with Gasteiger partial charge < -0.3 is 4.74 Å². The molecule has 1 fully saturated rings. The van der Waals surface area contributed by atoms with Gasteiger partial charge in [-0.1, -0.05) is 11.6 Å². The first-order valence-electron chi connectivity index (χ1n) is 10.8. The third kappa shape index (κ3) is 3.94.